The summed E-state index contributed by atoms with van der Waals surface area (Å²) < 4.78 is 0. The highest BCUT2D eigenvalue weighted by Crippen LogP contribution is 2.42. The first-order chi connectivity index (χ1) is 9.20. The summed E-state index contributed by atoms with van der Waals surface area (Å²) in [4.78, 5) is 11.0. The smallest absolute Gasteiger partial charge is 0.306 e. The van der Waals surface area contributed by atoms with Gasteiger partial charge < -0.3 is 5.11 Å². The SMILES string of the molecule is C=CCC[C@H]1CC[C@H](C2CCC(C(=O)O)CC2)CC1. The standard InChI is InChI=1S/C17H28O2/c1-2-3-4-13-5-7-14(8-6-13)15-9-11-16(12-10-15)17(18)19/h2,13-16H,1,3-12H2,(H,18,19)/t13-,14-,15?,16?. The summed E-state index contributed by atoms with van der Waals surface area (Å²) >= 11 is 0. The van der Waals surface area contributed by atoms with Gasteiger partial charge in [0.25, 0.3) is 0 Å². The molecule has 108 valence electrons. The van der Waals surface area contributed by atoms with Crippen molar-refractivity contribution in [3.63, 3.8) is 0 Å². The Kier molecular flexibility index (Phi) is 5.47. The molecule has 2 aliphatic rings. The fourth-order valence-electron chi connectivity index (χ4n) is 4.14. The van der Waals surface area contributed by atoms with Gasteiger partial charge >= 0.3 is 5.97 Å². The molecule has 2 saturated carbocycles. The molecule has 0 atom stereocenters. The van der Waals surface area contributed by atoms with Gasteiger partial charge in [0.05, 0.1) is 5.92 Å². The van der Waals surface area contributed by atoms with E-state index in [2.05, 4.69) is 6.58 Å². The fourth-order valence-corrected chi connectivity index (χ4v) is 4.14. The van der Waals surface area contributed by atoms with Gasteiger partial charge in [-0.15, -0.1) is 6.58 Å². The molecule has 1 N–H and O–H groups in total. The molecule has 0 aromatic carbocycles. The molecule has 0 radical (unpaired) electrons. The van der Waals surface area contributed by atoms with Gasteiger partial charge in [0, 0.05) is 0 Å². The average Bonchev–Trinajstić information content (AvgIpc) is 2.46. The quantitative estimate of drug-likeness (QED) is 0.734. The summed E-state index contributed by atoms with van der Waals surface area (Å²) in [5.41, 5.74) is 0. The van der Waals surface area contributed by atoms with Crippen molar-refractivity contribution >= 4 is 5.97 Å². The van der Waals surface area contributed by atoms with Crippen LogP contribution in [0.25, 0.3) is 0 Å². The normalized spacial score (nSPS) is 35.8. The summed E-state index contributed by atoms with van der Waals surface area (Å²) in [5.74, 6) is 1.99. The maximum absolute atomic E-state index is 11.0. The Morgan fingerprint density at radius 3 is 2.00 bits per heavy atom. The molecule has 0 aliphatic heterocycles. The number of carbonyl (C=O) groups is 1. The van der Waals surface area contributed by atoms with Gasteiger partial charge in [-0.25, -0.2) is 0 Å². The molecule has 2 nitrogen and oxygen atoms in total. The van der Waals surface area contributed by atoms with Gasteiger partial charge in [0.2, 0.25) is 0 Å². The lowest BCUT2D eigenvalue weighted by Gasteiger charge is -2.37. The second kappa shape index (κ2) is 7.12. The van der Waals surface area contributed by atoms with Crippen molar-refractivity contribution in [2.45, 2.75) is 64.2 Å². The van der Waals surface area contributed by atoms with E-state index >= 15 is 0 Å². The van der Waals surface area contributed by atoms with E-state index in [-0.39, 0.29) is 5.92 Å². The van der Waals surface area contributed by atoms with Gasteiger partial charge in [-0.2, -0.15) is 0 Å². The van der Waals surface area contributed by atoms with Gasteiger partial charge in [-0.1, -0.05) is 18.9 Å². The number of rotatable bonds is 5. The molecule has 0 aromatic heterocycles. The lowest BCUT2D eigenvalue weighted by atomic mass is 9.69. The summed E-state index contributed by atoms with van der Waals surface area (Å²) in [5, 5.41) is 9.04. The van der Waals surface area contributed by atoms with Crippen LogP contribution in [-0.2, 0) is 4.79 Å². The molecule has 0 spiro atoms. The number of hydrogen-bond acceptors (Lipinski definition) is 1. The Hall–Kier alpha value is -0.790. The Morgan fingerprint density at radius 2 is 1.53 bits per heavy atom. The van der Waals surface area contributed by atoms with E-state index in [1.54, 1.807) is 0 Å². The zero-order valence-corrected chi connectivity index (χ0v) is 12.0. The molecule has 0 bridgehead atoms. The van der Waals surface area contributed by atoms with Crippen LogP contribution in [0.4, 0.5) is 0 Å². The van der Waals surface area contributed by atoms with Gasteiger partial charge in [0.15, 0.2) is 0 Å². The number of carboxylic acids is 1. The lowest BCUT2D eigenvalue weighted by Crippen LogP contribution is -2.28. The fraction of sp³-hybridized carbons (Fsp3) is 0.824. The van der Waals surface area contributed by atoms with Crippen LogP contribution < -0.4 is 0 Å². The van der Waals surface area contributed by atoms with E-state index in [9.17, 15) is 4.79 Å². The predicted molar refractivity (Wildman–Crippen MR) is 78.0 cm³/mol. The maximum Gasteiger partial charge on any atom is 0.306 e. The molecule has 0 heterocycles. The summed E-state index contributed by atoms with van der Waals surface area (Å²) in [6, 6.07) is 0. The summed E-state index contributed by atoms with van der Waals surface area (Å²) in [7, 11) is 0. The van der Waals surface area contributed by atoms with Crippen molar-refractivity contribution in [3.05, 3.63) is 12.7 Å². The molecule has 0 aromatic rings. The molecule has 2 rings (SSSR count). The summed E-state index contributed by atoms with van der Waals surface area (Å²) in [6.07, 6.45) is 14.2. The van der Waals surface area contributed by atoms with Crippen LogP contribution in [0.5, 0.6) is 0 Å². The van der Waals surface area contributed by atoms with Crippen LogP contribution in [0.15, 0.2) is 12.7 Å². The third-order valence-electron chi connectivity index (χ3n) is 5.46. The van der Waals surface area contributed by atoms with Crippen LogP contribution in [0.2, 0.25) is 0 Å². The third kappa shape index (κ3) is 4.09. The minimum Gasteiger partial charge on any atom is -0.481 e. The van der Waals surface area contributed by atoms with Crippen molar-refractivity contribution < 1.29 is 9.90 Å². The van der Waals surface area contributed by atoms with Gasteiger partial charge in [0.1, 0.15) is 0 Å². The molecule has 2 aliphatic carbocycles. The van der Waals surface area contributed by atoms with Crippen LogP contribution in [0.1, 0.15) is 64.2 Å². The second-order valence-electron chi connectivity index (χ2n) is 6.60. The highest BCUT2D eigenvalue weighted by atomic mass is 16.4. The minimum atomic E-state index is -0.577. The van der Waals surface area contributed by atoms with E-state index in [1.165, 1.54) is 38.5 Å². The summed E-state index contributed by atoms with van der Waals surface area (Å²) in [6.45, 7) is 3.81. The Balaban J connectivity index is 1.70. The molecule has 2 fully saturated rings. The average molecular weight is 264 g/mol. The molecular formula is C17H28O2. The first kappa shape index (κ1) is 14.6. The van der Waals surface area contributed by atoms with Crippen LogP contribution >= 0.6 is 0 Å². The number of hydrogen-bond donors (Lipinski definition) is 1. The van der Waals surface area contributed by atoms with Crippen molar-refractivity contribution in [2.75, 3.05) is 0 Å². The Bertz CT molecular complexity index is 294. The molecule has 0 unspecified atom stereocenters. The highest BCUT2D eigenvalue weighted by molar-refractivity contribution is 5.69. The van der Waals surface area contributed by atoms with Crippen LogP contribution in [0.3, 0.4) is 0 Å². The lowest BCUT2D eigenvalue weighted by molar-refractivity contribution is -0.143. The first-order valence-electron chi connectivity index (χ1n) is 8.04. The van der Waals surface area contributed by atoms with Gasteiger partial charge in [-0.3, -0.25) is 4.79 Å². The Morgan fingerprint density at radius 1 is 1.00 bits per heavy atom. The number of carboxylic acid groups (broad SMARTS) is 1. The van der Waals surface area contributed by atoms with E-state index < -0.39 is 5.97 Å². The zero-order chi connectivity index (χ0) is 13.7. The molecule has 0 amide bonds. The monoisotopic (exact) mass is 264 g/mol. The van der Waals surface area contributed by atoms with Gasteiger partial charge in [-0.05, 0) is 69.1 Å². The molecule has 19 heavy (non-hydrogen) atoms. The van der Waals surface area contributed by atoms with Crippen molar-refractivity contribution in [2.24, 2.45) is 23.7 Å². The van der Waals surface area contributed by atoms with Crippen molar-refractivity contribution in [1.82, 2.24) is 0 Å². The van der Waals surface area contributed by atoms with E-state index in [4.69, 9.17) is 5.11 Å². The maximum atomic E-state index is 11.0. The molecular weight excluding hydrogens is 236 g/mol. The largest absolute Gasteiger partial charge is 0.481 e. The predicted octanol–water partition coefficient (Wildman–Crippen LogP) is 4.65. The Labute approximate surface area is 117 Å². The molecule has 0 saturated heterocycles. The van der Waals surface area contributed by atoms with Crippen molar-refractivity contribution in [1.29, 1.82) is 0 Å². The second-order valence-corrected chi connectivity index (χ2v) is 6.60. The van der Waals surface area contributed by atoms with E-state index in [0.29, 0.717) is 0 Å². The number of aliphatic carboxylic acids is 1. The molecule has 2 heteroatoms. The minimum absolute atomic E-state index is 0.0554. The first-order valence-corrected chi connectivity index (χ1v) is 8.04. The van der Waals surface area contributed by atoms with Crippen molar-refractivity contribution in [3.8, 4) is 0 Å². The third-order valence-corrected chi connectivity index (χ3v) is 5.46. The van der Waals surface area contributed by atoms with Crippen LogP contribution in [0, 0.1) is 23.7 Å². The topological polar surface area (TPSA) is 37.3 Å². The van der Waals surface area contributed by atoms with E-state index in [1.807, 2.05) is 6.08 Å². The zero-order valence-electron chi connectivity index (χ0n) is 12.0. The highest BCUT2D eigenvalue weighted by Gasteiger charge is 2.32. The number of allylic oxidation sites excluding steroid dienone is 1. The van der Waals surface area contributed by atoms with E-state index in [0.717, 1.165) is 43.4 Å². The van der Waals surface area contributed by atoms with Crippen LogP contribution in [-0.4, -0.2) is 11.1 Å².